The number of thiol groups is 1. The lowest BCUT2D eigenvalue weighted by Gasteiger charge is -2.10. The second kappa shape index (κ2) is 6.03. The summed E-state index contributed by atoms with van der Waals surface area (Å²) in [6, 6.07) is -0.0665. The fourth-order valence-corrected chi connectivity index (χ4v) is 1.79. The molecule has 2 aromatic heterocycles. The van der Waals surface area contributed by atoms with Crippen LogP contribution in [0.15, 0.2) is 11.6 Å². The van der Waals surface area contributed by atoms with E-state index >= 15 is 0 Å². The molecule has 2 rings (SSSR count). The summed E-state index contributed by atoms with van der Waals surface area (Å²) in [6.45, 7) is 0. The number of hydrogen-bond acceptors (Lipinski definition) is 7. The zero-order valence-corrected chi connectivity index (χ0v) is 10.9. The Morgan fingerprint density at radius 1 is 1.60 bits per heavy atom. The van der Waals surface area contributed by atoms with Gasteiger partial charge in [0.25, 0.3) is 0 Å². The highest BCUT2D eigenvalue weighted by Gasteiger charge is 2.14. The highest BCUT2D eigenvalue weighted by Crippen LogP contribution is 2.18. The highest BCUT2D eigenvalue weighted by molar-refractivity contribution is 8.93. The number of nitrogens with zero attached hydrogens (tertiary/aromatic N) is 4. The summed E-state index contributed by atoms with van der Waals surface area (Å²) in [6.07, 6.45) is 1.73. The third-order valence-corrected chi connectivity index (χ3v) is 2.66. The van der Waals surface area contributed by atoms with Crippen LogP contribution in [0.1, 0.15) is 11.9 Å². The van der Waals surface area contributed by atoms with Crippen LogP contribution in [-0.2, 0) is 0 Å². The largest absolute Gasteiger partial charge is 0.351 e. The van der Waals surface area contributed by atoms with E-state index in [9.17, 15) is 0 Å². The number of nitrogens with one attached hydrogen (secondary N) is 2. The lowest BCUT2D eigenvalue weighted by Crippen LogP contribution is -2.13. The SMILES string of the molecule is Br.SC[C@H](Nc1nccs1)c1nn[nH]n1. The summed E-state index contributed by atoms with van der Waals surface area (Å²) in [5.41, 5.74) is 0. The second-order valence-corrected chi connectivity index (χ2v) is 3.75. The van der Waals surface area contributed by atoms with E-state index in [0.29, 0.717) is 11.6 Å². The fraction of sp³-hybridized carbons (Fsp3) is 0.333. The van der Waals surface area contributed by atoms with E-state index < -0.39 is 0 Å². The number of hydrogen-bond donors (Lipinski definition) is 3. The van der Waals surface area contributed by atoms with E-state index in [2.05, 4.69) is 43.6 Å². The van der Waals surface area contributed by atoms with Crippen molar-refractivity contribution < 1.29 is 0 Å². The van der Waals surface area contributed by atoms with Gasteiger partial charge in [0, 0.05) is 17.3 Å². The Balaban J connectivity index is 0.00000112. The van der Waals surface area contributed by atoms with Gasteiger partial charge < -0.3 is 5.32 Å². The monoisotopic (exact) mass is 308 g/mol. The van der Waals surface area contributed by atoms with Gasteiger partial charge >= 0.3 is 0 Å². The molecule has 0 radical (unpaired) electrons. The molecule has 0 spiro atoms. The Morgan fingerprint density at radius 2 is 2.47 bits per heavy atom. The number of tetrazole rings is 1. The molecule has 2 heterocycles. The normalized spacial score (nSPS) is 11.8. The van der Waals surface area contributed by atoms with Crippen molar-refractivity contribution in [2.75, 3.05) is 11.1 Å². The van der Waals surface area contributed by atoms with E-state index in [1.807, 2.05) is 5.38 Å². The lowest BCUT2D eigenvalue weighted by molar-refractivity contribution is 0.804. The summed E-state index contributed by atoms with van der Waals surface area (Å²) in [4.78, 5) is 4.10. The van der Waals surface area contributed by atoms with Crippen LogP contribution in [0.2, 0.25) is 0 Å². The van der Waals surface area contributed by atoms with Crippen LogP contribution in [0.4, 0.5) is 5.13 Å². The van der Waals surface area contributed by atoms with E-state index in [1.54, 1.807) is 6.20 Å². The van der Waals surface area contributed by atoms with Crippen molar-refractivity contribution in [3.8, 4) is 0 Å². The van der Waals surface area contributed by atoms with Crippen LogP contribution in [0.5, 0.6) is 0 Å². The Kier molecular flexibility index (Phi) is 4.99. The molecular weight excluding hydrogens is 300 g/mol. The highest BCUT2D eigenvalue weighted by atomic mass is 79.9. The Bertz CT molecular complexity index is 363. The number of anilines is 1. The zero-order chi connectivity index (χ0) is 9.80. The maximum Gasteiger partial charge on any atom is 0.197 e. The van der Waals surface area contributed by atoms with Gasteiger partial charge in [0.05, 0.1) is 0 Å². The van der Waals surface area contributed by atoms with Crippen molar-refractivity contribution in [3.63, 3.8) is 0 Å². The molecule has 9 heteroatoms. The summed E-state index contributed by atoms with van der Waals surface area (Å²) >= 11 is 5.73. The van der Waals surface area contributed by atoms with Crippen molar-refractivity contribution in [3.05, 3.63) is 17.4 Å². The van der Waals surface area contributed by atoms with Crippen molar-refractivity contribution >= 4 is 46.1 Å². The van der Waals surface area contributed by atoms with E-state index in [1.165, 1.54) is 11.3 Å². The average Bonchev–Trinajstić information content (AvgIpc) is 2.86. The van der Waals surface area contributed by atoms with Crippen LogP contribution in [0.3, 0.4) is 0 Å². The first-order valence-corrected chi connectivity index (χ1v) is 5.41. The minimum atomic E-state index is -0.0665. The predicted molar refractivity (Wildman–Crippen MR) is 66.8 cm³/mol. The molecule has 0 saturated carbocycles. The summed E-state index contributed by atoms with van der Waals surface area (Å²) in [7, 11) is 0. The van der Waals surface area contributed by atoms with E-state index in [4.69, 9.17) is 0 Å². The van der Waals surface area contributed by atoms with E-state index in [0.717, 1.165) is 5.13 Å². The molecule has 1 atom stereocenters. The van der Waals surface area contributed by atoms with Crippen LogP contribution < -0.4 is 5.32 Å². The minimum Gasteiger partial charge on any atom is -0.351 e. The molecule has 6 nitrogen and oxygen atoms in total. The van der Waals surface area contributed by atoms with Crippen molar-refractivity contribution in [1.29, 1.82) is 0 Å². The first kappa shape index (κ1) is 12.4. The smallest absolute Gasteiger partial charge is 0.197 e. The number of aromatic amines is 1. The number of aromatic nitrogens is 5. The van der Waals surface area contributed by atoms with Crippen LogP contribution in [0.25, 0.3) is 0 Å². The molecule has 0 fully saturated rings. The molecule has 82 valence electrons. The first-order valence-electron chi connectivity index (χ1n) is 3.90. The van der Waals surface area contributed by atoms with Gasteiger partial charge in [-0.3, -0.25) is 0 Å². The summed E-state index contributed by atoms with van der Waals surface area (Å²) < 4.78 is 0. The number of H-pyrrole nitrogens is 1. The topological polar surface area (TPSA) is 79.4 Å². The predicted octanol–water partition coefficient (Wildman–Crippen LogP) is 1.32. The van der Waals surface area contributed by atoms with Crippen molar-refractivity contribution in [1.82, 2.24) is 25.6 Å². The molecule has 0 aliphatic carbocycles. The molecule has 0 aliphatic heterocycles. The molecular formula is C6H9BrN6S2. The number of rotatable bonds is 4. The maximum atomic E-state index is 4.21. The van der Waals surface area contributed by atoms with Crippen LogP contribution >= 0.6 is 40.9 Å². The van der Waals surface area contributed by atoms with Gasteiger partial charge in [-0.2, -0.15) is 17.8 Å². The van der Waals surface area contributed by atoms with Gasteiger partial charge in [-0.25, -0.2) is 4.98 Å². The van der Waals surface area contributed by atoms with Gasteiger partial charge in [-0.15, -0.1) is 38.5 Å². The van der Waals surface area contributed by atoms with E-state index in [-0.39, 0.29) is 23.0 Å². The van der Waals surface area contributed by atoms with Crippen molar-refractivity contribution in [2.24, 2.45) is 0 Å². The fourth-order valence-electron chi connectivity index (χ4n) is 0.953. The van der Waals surface area contributed by atoms with Gasteiger partial charge in [0.2, 0.25) is 0 Å². The Hall–Kier alpha value is -0.670. The molecule has 0 aromatic carbocycles. The molecule has 0 aliphatic rings. The maximum absolute atomic E-state index is 4.21. The van der Waals surface area contributed by atoms with Crippen LogP contribution in [0, 0.1) is 0 Å². The van der Waals surface area contributed by atoms with Gasteiger partial charge in [-0.1, -0.05) is 5.21 Å². The molecule has 2 aromatic rings. The second-order valence-electron chi connectivity index (χ2n) is 2.49. The standard InChI is InChI=1S/C6H8N6S2.BrH/c13-3-4(5-9-11-12-10-5)8-6-7-1-2-14-6;/h1-2,4,13H,3H2,(H,7,8)(H,9,10,11,12);1H/t4-;/m0./s1. The Morgan fingerprint density at radius 3 is 3.00 bits per heavy atom. The average molecular weight is 309 g/mol. The molecule has 0 unspecified atom stereocenters. The quantitative estimate of drug-likeness (QED) is 0.742. The molecule has 0 saturated heterocycles. The summed E-state index contributed by atoms with van der Waals surface area (Å²) in [5.74, 6) is 1.18. The van der Waals surface area contributed by atoms with Gasteiger partial charge in [0.15, 0.2) is 11.0 Å². The van der Waals surface area contributed by atoms with Gasteiger partial charge in [0.1, 0.15) is 6.04 Å². The van der Waals surface area contributed by atoms with Crippen LogP contribution in [-0.4, -0.2) is 31.4 Å². The molecule has 0 amide bonds. The Labute approximate surface area is 106 Å². The van der Waals surface area contributed by atoms with Crippen molar-refractivity contribution in [2.45, 2.75) is 6.04 Å². The summed E-state index contributed by atoms with van der Waals surface area (Å²) in [5, 5.41) is 19.5. The van der Waals surface area contributed by atoms with Gasteiger partial charge in [-0.05, 0) is 0 Å². The molecule has 2 N–H and O–H groups in total. The molecule has 15 heavy (non-hydrogen) atoms. The lowest BCUT2D eigenvalue weighted by atomic mass is 10.3. The minimum absolute atomic E-state index is 0. The third kappa shape index (κ3) is 3.14. The third-order valence-electron chi connectivity index (χ3n) is 1.59. The molecule has 0 bridgehead atoms. The number of thiazole rings is 1. The number of halogens is 1. The first-order chi connectivity index (χ1) is 6.90. The zero-order valence-electron chi connectivity index (χ0n) is 7.49.